The smallest absolute Gasteiger partial charge is 0.260 e. The molecule has 0 spiro atoms. The third-order valence-corrected chi connectivity index (χ3v) is 5.20. The lowest BCUT2D eigenvalue weighted by atomic mass is 10.3. The third-order valence-electron chi connectivity index (χ3n) is 5.20. The Kier molecular flexibility index (Phi) is 6.64. The lowest BCUT2D eigenvalue weighted by Crippen LogP contribution is -2.50. The monoisotopic (exact) mass is 434 g/mol. The fourth-order valence-electron chi connectivity index (χ4n) is 3.45. The van der Waals surface area contributed by atoms with Crippen LogP contribution in [0.1, 0.15) is 5.56 Å². The molecule has 0 bridgehead atoms. The van der Waals surface area contributed by atoms with Crippen LogP contribution in [-0.2, 0) is 4.79 Å². The summed E-state index contributed by atoms with van der Waals surface area (Å²) in [5, 5.41) is 11.7. The first-order valence-corrected chi connectivity index (χ1v) is 10.4. The number of amides is 1. The zero-order chi connectivity index (χ0) is 22.3. The molecule has 0 radical (unpaired) electrons. The van der Waals surface area contributed by atoms with Gasteiger partial charge in [0.05, 0.1) is 7.11 Å². The van der Waals surface area contributed by atoms with Crippen molar-refractivity contribution in [3.8, 4) is 11.5 Å². The Hall–Kier alpha value is -3.88. The van der Waals surface area contributed by atoms with Crippen molar-refractivity contribution in [2.45, 2.75) is 6.92 Å². The van der Waals surface area contributed by atoms with Crippen LogP contribution in [-0.4, -0.2) is 65.9 Å². The minimum Gasteiger partial charge on any atom is -0.493 e. The second kappa shape index (κ2) is 9.95. The maximum absolute atomic E-state index is 12.6. The number of ether oxygens (including phenoxy) is 2. The molecule has 0 aliphatic carbocycles. The van der Waals surface area contributed by atoms with Crippen LogP contribution in [0.25, 0.3) is 0 Å². The van der Waals surface area contributed by atoms with E-state index < -0.39 is 0 Å². The van der Waals surface area contributed by atoms with Crippen LogP contribution >= 0.6 is 0 Å². The van der Waals surface area contributed by atoms with Crippen LogP contribution in [0.15, 0.2) is 54.7 Å². The summed E-state index contributed by atoms with van der Waals surface area (Å²) >= 11 is 0. The number of rotatable bonds is 7. The standard InChI is InChI=1S/C23H26N6O3/c1-17-9-10-24-21(15-17)25-20-7-8-22(27-26-20)28-11-13-29(14-12-28)23(30)16-32-19-6-4-3-5-18(19)31-2/h3-10,15H,11-14,16H2,1-2H3,(H,24,25,26). The Balaban J connectivity index is 1.27. The summed E-state index contributed by atoms with van der Waals surface area (Å²) in [5.41, 5.74) is 1.12. The molecule has 1 aromatic carbocycles. The van der Waals surface area contributed by atoms with Crippen LogP contribution < -0.4 is 19.7 Å². The first-order chi connectivity index (χ1) is 15.6. The van der Waals surface area contributed by atoms with E-state index in [9.17, 15) is 4.79 Å². The number of benzene rings is 1. The highest BCUT2D eigenvalue weighted by Crippen LogP contribution is 2.25. The van der Waals surface area contributed by atoms with Gasteiger partial charge in [-0.2, -0.15) is 0 Å². The summed E-state index contributed by atoms with van der Waals surface area (Å²) in [6.45, 7) is 4.55. The molecule has 1 N–H and O–H groups in total. The molecule has 4 rings (SSSR count). The van der Waals surface area contributed by atoms with Gasteiger partial charge in [-0.15, -0.1) is 10.2 Å². The van der Waals surface area contributed by atoms with Crippen molar-refractivity contribution < 1.29 is 14.3 Å². The van der Waals surface area contributed by atoms with Crippen LogP contribution in [0.4, 0.5) is 17.5 Å². The van der Waals surface area contributed by atoms with Crippen LogP contribution in [0.3, 0.4) is 0 Å². The summed E-state index contributed by atoms with van der Waals surface area (Å²) in [6, 6.07) is 15.0. The third kappa shape index (κ3) is 5.23. The molecule has 1 saturated heterocycles. The molecule has 3 heterocycles. The number of carbonyl (C=O) groups excluding carboxylic acids is 1. The molecule has 0 unspecified atom stereocenters. The largest absolute Gasteiger partial charge is 0.493 e. The maximum atomic E-state index is 12.6. The van der Waals surface area contributed by atoms with Crippen LogP contribution in [0, 0.1) is 6.92 Å². The minimum absolute atomic E-state index is 0.0203. The molecule has 3 aromatic rings. The average Bonchev–Trinajstić information content (AvgIpc) is 2.83. The molecule has 1 aliphatic rings. The van der Waals surface area contributed by atoms with Gasteiger partial charge in [0.1, 0.15) is 5.82 Å². The van der Waals surface area contributed by atoms with E-state index in [4.69, 9.17) is 9.47 Å². The van der Waals surface area contributed by atoms with Gasteiger partial charge in [0.15, 0.2) is 29.7 Å². The number of hydrogen-bond acceptors (Lipinski definition) is 8. The molecule has 32 heavy (non-hydrogen) atoms. The topological polar surface area (TPSA) is 92.7 Å². The SMILES string of the molecule is COc1ccccc1OCC(=O)N1CCN(c2ccc(Nc3cc(C)ccn3)nn2)CC1. The van der Waals surface area contributed by atoms with E-state index >= 15 is 0 Å². The molecule has 166 valence electrons. The van der Waals surface area contributed by atoms with Gasteiger partial charge in [0.2, 0.25) is 0 Å². The Morgan fingerprint density at radius 3 is 2.47 bits per heavy atom. The number of aromatic nitrogens is 3. The van der Waals surface area contributed by atoms with Crippen molar-refractivity contribution in [1.29, 1.82) is 0 Å². The lowest BCUT2D eigenvalue weighted by molar-refractivity contribution is -0.133. The van der Waals surface area contributed by atoms with Crippen molar-refractivity contribution >= 4 is 23.4 Å². The van der Waals surface area contributed by atoms with Gasteiger partial charge in [-0.3, -0.25) is 4.79 Å². The number of hydrogen-bond donors (Lipinski definition) is 1. The maximum Gasteiger partial charge on any atom is 0.260 e. The fraction of sp³-hybridized carbons (Fsp3) is 0.304. The average molecular weight is 435 g/mol. The summed E-state index contributed by atoms with van der Waals surface area (Å²) in [4.78, 5) is 20.7. The normalized spacial score (nSPS) is 13.6. The van der Waals surface area contributed by atoms with Crippen LogP contribution in [0.5, 0.6) is 11.5 Å². The van der Waals surface area contributed by atoms with Crippen molar-refractivity contribution in [3.05, 3.63) is 60.3 Å². The van der Waals surface area contributed by atoms with Crippen molar-refractivity contribution in [2.24, 2.45) is 0 Å². The Labute approximate surface area is 187 Å². The number of pyridine rings is 1. The van der Waals surface area contributed by atoms with Gasteiger partial charge in [0, 0.05) is 32.4 Å². The van der Waals surface area contributed by atoms with Gasteiger partial charge in [-0.05, 0) is 48.9 Å². The second-order valence-electron chi connectivity index (χ2n) is 7.43. The number of carbonyl (C=O) groups is 1. The number of nitrogens with one attached hydrogen (secondary N) is 1. The number of anilines is 3. The van der Waals surface area contributed by atoms with E-state index in [-0.39, 0.29) is 12.5 Å². The predicted molar refractivity (Wildman–Crippen MR) is 122 cm³/mol. The highest BCUT2D eigenvalue weighted by atomic mass is 16.5. The highest BCUT2D eigenvalue weighted by molar-refractivity contribution is 5.78. The highest BCUT2D eigenvalue weighted by Gasteiger charge is 2.22. The second-order valence-corrected chi connectivity index (χ2v) is 7.43. The van der Waals surface area contributed by atoms with Crippen LogP contribution in [0.2, 0.25) is 0 Å². The van der Waals surface area contributed by atoms with Gasteiger partial charge >= 0.3 is 0 Å². The van der Waals surface area contributed by atoms with E-state index in [2.05, 4.69) is 25.4 Å². The lowest BCUT2D eigenvalue weighted by Gasteiger charge is -2.35. The molecule has 0 saturated carbocycles. The Morgan fingerprint density at radius 2 is 1.78 bits per heavy atom. The van der Waals surface area contributed by atoms with Crippen molar-refractivity contribution in [1.82, 2.24) is 20.1 Å². The Bertz CT molecular complexity index is 1050. The minimum atomic E-state index is -0.0492. The van der Waals surface area contributed by atoms with E-state index in [0.717, 1.165) is 17.2 Å². The van der Waals surface area contributed by atoms with E-state index in [1.807, 2.05) is 43.3 Å². The van der Waals surface area contributed by atoms with E-state index in [1.165, 1.54) is 0 Å². The predicted octanol–water partition coefficient (Wildman–Crippen LogP) is 2.66. The number of methoxy groups -OCH3 is 1. The molecule has 9 nitrogen and oxygen atoms in total. The summed E-state index contributed by atoms with van der Waals surface area (Å²) in [7, 11) is 1.58. The quantitative estimate of drug-likeness (QED) is 0.607. The number of aryl methyl sites for hydroxylation is 1. The molecule has 1 fully saturated rings. The van der Waals surface area contributed by atoms with Gasteiger partial charge in [0.25, 0.3) is 5.91 Å². The fourth-order valence-corrected chi connectivity index (χ4v) is 3.45. The summed E-state index contributed by atoms with van der Waals surface area (Å²) in [6.07, 6.45) is 1.75. The number of para-hydroxylation sites is 2. The number of nitrogens with zero attached hydrogens (tertiary/aromatic N) is 5. The van der Waals surface area contributed by atoms with Crippen molar-refractivity contribution in [2.75, 3.05) is 50.1 Å². The summed E-state index contributed by atoms with van der Waals surface area (Å²) in [5.74, 6) is 3.27. The zero-order valence-corrected chi connectivity index (χ0v) is 18.2. The van der Waals surface area contributed by atoms with Crippen molar-refractivity contribution in [3.63, 3.8) is 0 Å². The first kappa shape index (κ1) is 21.4. The zero-order valence-electron chi connectivity index (χ0n) is 18.2. The van der Waals surface area contributed by atoms with Gasteiger partial charge in [-0.25, -0.2) is 4.98 Å². The molecular formula is C23H26N6O3. The van der Waals surface area contributed by atoms with E-state index in [0.29, 0.717) is 43.5 Å². The molecule has 2 aromatic heterocycles. The summed E-state index contributed by atoms with van der Waals surface area (Å²) < 4.78 is 10.9. The Morgan fingerprint density at radius 1 is 1.00 bits per heavy atom. The van der Waals surface area contributed by atoms with E-state index in [1.54, 1.807) is 30.3 Å². The first-order valence-electron chi connectivity index (χ1n) is 10.4. The van der Waals surface area contributed by atoms with Gasteiger partial charge in [-0.1, -0.05) is 12.1 Å². The molecule has 0 atom stereocenters. The molecule has 1 aliphatic heterocycles. The number of piperazine rings is 1. The molecule has 1 amide bonds. The molecule has 9 heteroatoms. The molecular weight excluding hydrogens is 408 g/mol. The van der Waals surface area contributed by atoms with Gasteiger partial charge < -0.3 is 24.6 Å².